The lowest BCUT2D eigenvalue weighted by atomic mass is 9.97. The lowest BCUT2D eigenvalue weighted by Gasteiger charge is -2.32. The van der Waals surface area contributed by atoms with Crippen LogP contribution in [0.2, 0.25) is 0 Å². The summed E-state index contributed by atoms with van der Waals surface area (Å²) in [6.45, 7) is -0.0115. The summed E-state index contributed by atoms with van der Waals surface area (Å²) in [6.07, 6.45) is -3.38. The molecule has 2 aliphatic heterocycles. The van der Waals surface area contributed by atoms with Crippen molar-refractivity contribution in [3.63, 3.8) is 0 Å². The average Bonchev–Trinajstić information content (AvgIpc) is 3.33. The number of carboxylic acid groups (broad SMARTS) is 1. The molecule has 2 aromatic rings. The molecule has 0 unspecified atom stereocenters. The summed E-state index contributed by atoms with van der Waals surface area (Å²) in [6, 6.07) is 11.6. The zero-order valence-corrected chi connectivity index (χ0v) is 24.0. The van der Waals surface area contributed by atoms with Crippen LogP contribution < -0.4 is 5.73 Å². The van der Waals surface area contributed by atoms with E-state index in [-0.39, 0.29) is 48.6 Å². The second-order valence-electron chi connectivity index (χ2n) is 9.42. The van der Waals surface area contributed by atoms with Crippen LogP contribution in [-0.2, 0) is 41.2 Å². The number of sulfone groups is 2. The normalized spacial score (nSPS) is 22.0. The van der Waals surface area contributed by atoms with Crippen molar-refractivity contribution < 1.29 is 48.3 Å². The minimum Gasteiger partial charge on any atom is -0.475 e. The Balaban J connectivity index is 0.000000587. The second kappa shape index (κ2) is 12.7. The van der Waals surface area contributed by atoms with E-state index in [1.54, 1.807) is 6.07 Å². The fourth-order valence-electron chi connectivity index (χ4n) is 4.45. The molecule has 228 valence electrons. The molecule has 0 aliphatic carbocycles. The minimum atomic E-state index is -5.08. The molecule has 2 fully saturated rings. The molecule has 1 aromatic carbocycles. The van der Waals surface area contributed by atoms with E-state index < -0.39 is 53.8 Å². The molecule has 2 saturated heterocycles. The maximum Gasteiger partial charge on any atom is 0.490 e. The number of halogens is 3. The molecule has 0 bridgehead atoms. The molecule has 3 heterocycles. The van der Waals surface area contributed by atoms with Crippen LogP contribution >= 0.6 is 0 Å². The Morgan fingerprint density at radius 1 is 1.07 bits per heavy atom. The highest BCUT2D eigenvalue weighted by molar-refractivity contribution is 7.92. The van der Waals surface area contributed by atoms with Gasteiger partial charge in [-0.25, -0.2) is 26.6 Å². The second-order valence-corrected chi connectivity index (χ2v) is 15.6. The van der Waals surface area contributed by atoms with Gasteiger partial charge in [0.25, 0.3) is 10.2 Å². The number of hydrogen-bond donors (Lipinski definition) is 2. The molecule has 2 atom stereocenters. The summed E-state index contributed by atoms with van der Waals surface area (Å²) in [7, 11) is -11.3. The van der Waals surface area contributed by atoms with Crippen molar-refractivity contribution in [2.75, 3.05) is 36.9 Å². The van der Waals surface area contributed by atoms with Crippen molar-refractivity contribution in [1.29, 1.82) is 0 Å². The van der Waals surface area contributed by atoms with Gasteiger partial charge >= 0.3 is 12.1 Å². The summed E-state index contributed by atoms with van der Waals surface area (Å²) in [5.41, 5.74) is 7.17. The summed E-state index contributed by atoms with van der Waals surface area (Å²) in [5, 5.41) is 6.99. The van der Waals surface area contributed by atoms with Crippen molar-refractivity contribution in [3.8, 4) is 0 Å². The zero-order chi connectivity index (χ0) is 30.6. The topological polar surface area (TPSA) is 185 Å². The monoisotopic (exact) mass is 642 g/mol. The van der Waals surface area contributed by atoms with E-state index in [1.165, 1.54) is 16.6 Å². The van der Waals surface area contributed by atoms with Gasteiger partial charge in [-0.3, -0.25) is 0 Å². The van der Waals surface area contributed by atoms with Crippen molar-refractivity contribution in [2.45, 2.75) is 36.1 Å². The van der Waals surface area contributed by atoms with Gasteiger partial charge in [0.2, 0.25) is 0 Å². The molecule has 0 radical (unpaired) electrons. The van der Waals surface area contributed by atoms with E-state index in [1.807, 2.05) is 30.3 Å². The first-order valence-corrected chi connectivity index (χ1v) is 17.0. The van der Waals surface area contributed by atoms with Crippen LogP contribution in [0.5, 0.6) is 0 Å². The molecular formula is C23H29F3N4O8S3. The zero-order valence-electron chi connectivity index (χ0n) is 21.5. The third-order valence-electron chi connectivity index (χ3n) is 6.57. The van der Waals surface area contributed by atoms with Crippen LogP contribution in [0.3, 0.4) is 0 Å². The number of rotatable bonds is 7. The number of alkyl halides is 3. The molecule has 2 aliphatic rings. The lowest BCUT2D eigenvalue weighted by Crippen LogP contribution is -2.52. The number of pyridine rings is 1. The van der Waals surface area contributed by atoms with E-state index in [0.717, 1.165) is 9.87 Å². The summed E-state index contributed by atoms with van der Waals surface area (Å²) < 4.78 is 111. The van der Waals surface area contributed by atoms with Crippen molar-refractivity contribution in [3.05, 3.63) is 59.8 Å². The third kappa shape index (κ3) is 8.45. The predicted octanol–water partition coefficient (Wildman–Crippen LogP) is 0.781. The maximum atomic E-state index is 13.5. The third-order valence-corrected chi connectivity index (χ3v) is 11.9. The Kier molecular flexibility index (Phi) is 10.2. The van der Waals surface area contributed by atoms with Gasteiger partial charge in [-0.1, -0.05) is 30.3 Å². The predicted molar refractivity (Wildman–Crippen MR) is 141 cm³/mol. The number of aromatic nitrogens is 1. The fourth-order valence-corrected chi connectivity index (χ4v) is 9.37. The number of nitrogens with zero attached hydrogens (tertiary/aromatic N) is 3. The fraction of sp³-hybridized carbons (Fsp3) is 0.478. The van der Waals surface area contributed by atoms with Crippen LogP contribution in [0, 0.1) is 0 Å². The first-order valence-electron chi connectivity index (χ1n) is 12.2. The molecule has 0 saturated carbocycles. The molecule has 0 amide bonds. The van der Waals surface area contributed by atoms with E-state index in [2.05, 4.69) is 4.98 Å². The number of aliphatic carboxylic acids is 1. The van der Waals surface area contributed by atoms with E-state index >= 15 is 0 Å². The summed E-state index contributed by atoms with van der Waals surface area (Å²) in [5.74, 6) is -3.87. The number of carbonyl (C=O) groups is 1. The quantitative estimate of drug-likeness (QED) is 0.437. The van der Waals surface area contributed by atoms with Gasteiger partial charge in [0.15, 0.2) is 24.7 Å². The molecule has 0 spiro atoms. The average molecular weight is 643 g/mol. The van der Waals surface area contributed by atoms with Gasteiger partial charge in [0, 0.05) is 38.4 Å². The van der Waals surface area contributed by atoms with Gasteiger partial charge in [-0.05, 0) is 35.6 Å². The molecule has 4 rings (SSSR count). The molecule has 1 aromatic heterocycles. The van der Waals surface area contributed by atoms with E-state index in [0.29, 0.717) is 12.0 Å². The van der Waals surface area contributed by atoms with Gasteiger partial charge in [0.05, 0.1) is 17.3 Å². The molecule has 41 heavy (non-hydrogen) atoms. The molecule has 3 N–H and O–H groups in total. The highest BCUT2D eigenvalue weighted by Gasteiger charge is 2.45. The van der Waals surface area contributed by atoms with Crippen LogP contribution in [0.15, 0.2) is 53.7 Å². The summed E-state index contributed by atoms with van der Waals surface area (Å²) in [4.78, 5) is 12.9. The molecule has 18 heteroatoms. The minimum absolute atomic E-state index is 0.117. The van der Waals surface area contributed by atoms with Crippen LogP contribution in [0.1, 0.15) is 23.5 Å². The standard InChI is InChI=1S/C21H28N4O6S3.C2HF3O2/c22-14-17-6-7-23-21(12-17)33(28,29)16-20-13-19(18-4-2-1-3-5-18)15-25(20)34(30,31)24-8-10-32(26,27)11-9-24;3-2(4,5)1(6)7/h1-7,12,19-20H,8-11,13-16,22H2;(H,6,7)/t19-,20-;/m1./s1. The SMILES string of the molecule is NCc1ccnc(S(=O)(=O)C[C@H]2C[C@@H](c3ccccc3)CN2S(=O)(=O)N2CCS(=O)(=O)CC2)c1.O=C(O)C(F)(F)F. The largest absolute Gasteiger partial charge is 0.490 e. The van der Waals surface area contributed by atoms with Gasteiger partial charge in [0.1, 0.15) is 0 Å². The van der Waals surface area contributed by atoms with E-state index in [9.17, 15) is 38.4 Å². The Labute approximate surface area is 236 Å². The maximum absolute atomic E-state index is 13.5. The Morgan fingerprint density at radius 2 is 1.66 bits per heavy atom. The van der Waals surface area contributed by atoms with Gasteiger partial charge in [-0.2, -0.15) is 30.2 Å². The lowest BCUT2D eigenvalue weighted by molar-refractivity contribution is -0.192. The number of benzene rings is 1. The Hall–Kier alpha value is -2.64. The van der Waals surface area contributed by atoms with Crippen molar-refractivity contribution in [1.82, 2.24) is 13.6 Å². The van der Waals surface area contributed by atoms with Crippen molar-refractivity contribution in [2.24, 2.45) is 5.73 Å². The molecular weight excluding hydrogens is 613 g/mol. The van der Waals surface area contributed by atoms with Gasteiger partial charge < -0.3 is 10.8 Å². The van der Waals surface area contributed by atoms with E-state index in [4.69, 9.17) is 15.6 Å². The van der Waals surface area contributed by atoms with Crippen molar-refractivity contribution >= 4 is 35.9 Å². The first-order chi connectivity index (χ1) is 19.0. The van der Waals surface area contributed by atoms with Crippen LogP contribution in [-0.4, -0.2) is 99.0 Å². The highest BCUT2D eigenvalue weighted by atomic mass is 32.2. The number of nitrogens with two attached hydrogens (primary N) is 1. The van der Waals surface area contributed by atoms with Crippen LogP contribution in [0.4, 0.5) is 13.2 Å². The Bertz CT molecular complexity index is 1540. The smallest absolute Gasteiger partial charge is 0.475 e. The van der Waals surface area contributed by atoms with Gasteiger partial charge in [-0.15, -0.1) is 0 Å². The van der Waals surface area contributed by atoms with Crippen LogP contribution in [0.25, 0.3) is 0 Å². The summed E-state index contributed by atoms with van der Waals surface area (Å²) >= 11 is 0. The first kappa shape index (κ1) is 32.9. The number of hydrogen-bond acceptors (Lipinski definition) is 9. The Morgan fingerprint density at radius 3 is 2.20 bits per heavy atom. The number of carboxylic acids is 1. The highest BCUT2D eigenvalue weighted by Crippen LogP contribution is 2.36. The molecule has 12 nitrogen and oxygen atoms in total.